The molecule has 0 amide bonds. The maximum atomic E-state index is 10.2. The highest BCUT2D eigenvalue weighted by molar-refractivity contribution is 7.99. The Morgan fingerprint density at radius 3 is 2.54 bits per heavy atom. The first-order valence-electron chi connectivity index (χ1n) is 16.6. The van der Waals surface area contributed by atoms with E-state index in [9.17, 15) is 20.4 Å². The summed E-state index contributed by atoms with van der Waals surface area (Å²) < 4.78 is 12.0. The fourth-order valence-electron chi connectivity index (χ4n) is 9.89. The Balaban J connectivity index is 1.01. The van der Waals surface area contributed by atoms with Crippen LogP contribution in [0.4, 0.5) is 0 Å². The Hall–Kier alpha value is -0.190. The van der Waals surface area contributed by atoms with Crippen molar-refractivity contribution in [3.8, 4) is 0 Å². The molecule has 0 aromatic carbocycles. The number of aliphatic hydroxyl groups excluding tert-OH is 4. The molecular weight excluding hydrogens is 538 g/mol. The summed E-state index contributed by atoms with van der Waals surface area (Å²) in [6.45, 7) is 7.82. The predicted octanol–water partition coefficient (Wildman–Crippen LogP) is 4.39. The number of aliphatic hydroxyl groups is 4. The van der Waals surface area contributed by atoms with Crippen LogP contribution in [0.25, 0.3) is 0 Å². The molecule has 236 valence electrons. The van der Waals surface area contributed by atoms with Gasteiger partial charge >= 0.3 is 0 Å². The predicted molar refractivity (Wildman–Crippen MR) is 163 cm³/mol. The van der Waals surface area contributed by atoms with E-state index < -0.39 is 29.9 Å². The zero-order valence-corrected chi connectivity index (χ0v) is 26.4. The maximum absolute atomic E-state index is 10.2. The molecule has 4 fully saturated rings. The fourth-order valence-corrected chi connectivity index (χ4v) is 11.1. The van der Waals surface area contributed by atoms with Crippen LogP contribution in [0.2, 0.25) is 0 Å². The first-order valence-corrected chi connectivity index (χ1v) is 17.6. The van der Waals surface area contributed by atoms with Gasteiger partial charge in [-0.25, -0.2) is 0 Å². The Kier molecular flexibility index (Phi) is 10.6. The molecule has 1 saturated heterocycles. The van der Waals surface area contributed by atoms with Crippen LogP contribution in [0.3, 0.4) is 0 Å². The third-order valence-corrected chi connectivity index (χ3v) is 13.5. The lowest BCUT2D eigenvalue weighted by atomic mass is 9.47. The van der Waals surface area contributed by atoms with Crippen LogP contribution in [-0.4, -0.2) is 81.4 Å². The largest absolute Gasteiger partial charge is 0.394 e. The van der Waals surface area contributed by atoms with E-state index in [0.29, 0.717) is 28.9 Å². The van der Waals surface area contributed by atoms with E-state index in [4.69, 9.17) is 15.2 Å². The number of ether oxygens (including phenoxy) is 2. The lowest BCUT2D eigenvalue weighted by molar-refractivity contribution is -0.205. The van der Waals surface area contributed by atoms with E-state index in [0.717, 1.165) is 62.2 Å². The normalized spacial score (nSPS) is 46.8. The molecule has 4 aliphatic carbocycles. The van der Waals surface area contributed by atoms with Crippen LogP contribution in [0.15, 0.2) is 11.6 Å². The number of hydrogen-bond donors (Lipinski definition) is 5. The molecule has 3 saturated carbocycles. The minimum absolute atomic E-state index is 0.315. The number of fused-ring (bicyclic) bond motifs is 5. The Morgan fingerprint density at radius 2 is 1.78 bits per heavy atom. The SMILES string of the molecule is C[C@@H](N)[C@H]1CC[C@H]2[C@@H]3CC=C4C[C@@H](OCCCCCCS[C@@H]5O[C@H](CO)[C@@H](O)[C@H](O)[C@@H]5O)CC[C@]4(C)[C@H]3CC[C@]12C. The van der Waals surface area contributed by atoms with Gasteiger partial charge in [0.2, 0.25) is 0 Å². The van der Waals surface area contributed by atoms with Gasteiger partial charge in [0, 0.05) is 12.6 Å². The van der Waals surface area contributed by atoms with Gasteiger partial charge in [-0.2, -0.15) is 0 Å². The van der Waals surface area contributed by atoms with Gasteiger partial charge in [0.1, 0.15) is 29.9 Å². The molecular formula is C33H57NO6S. The molecule has 5 aliphatic rings. The summed E-state index contributed by atoms with van der Waals surface area (Å²) in [6.07, 6.45) is 12.9. The summed E-state index contributed by atoms with van der Waals surface area (Å²) in [5.74, 6) is 4.00. The summed E-state index contributed by atoms with van der Waals surface area (Å²) in [5.41, 5.74) is 8.33. The van der Waals surface area contributed by atoms with Crippen molar-refractivity contribution in [1.82, 2.24) is 0 Å². The summed E-state index contributed by atoms with van der Waals surface area (Å²) >= 11 is 1.44. The molecule has 13 atom stereocenters. The zero-order valence-electron chi connectivity index (χ0n) is 25.6. The van der Waals surface area contributed by atoms with Gasteiger partial charge in [0.05, 0.1) is 12.7 Å². The van der Waals surface area contributed by atoms with Gasteiger partial charge in [-0.05, 0) is 111 Å². The van der Waals surface area contributed by atoms with Crippen molar-refractivity contribution in [2.45, 2.75) is 140 Å². The second-order valence-corrected chi connectivity index (χ2v) is 15.8. The van der Waals surface area contributed by atoms with E-state index in [2.05, 4.69) is 26.8 Å². The highest BCUT2D eigenvalue weighted by atomic mass is 32.2. The van der Waals surface area contributed by atoms with Crippen molar-refractivity contribution in [3.63, 3.8) is 0 Å². The van der Waals surface area contributed by atoms with Gasteiger partial charge in [0.25, 0.3) is 0 Å². The first-order chi connectivity index (χ1) is 19.6. The number of rotatable bonds is 11. The van der Waals surface area contributed by atoms with Crippen molar-refractivity contribution in [2.24, 2.45) is 40.2 Å². The van der Waals surface area contributed by atoms with Gasteiger partial charge in [-0.3, -0.25) is 0 Å². The summed E-state index contributed by atoms with van der Waals surface area (Å²) in [5, 5.41) is 39.4. The number of hydrogen-bond acceptors (Lipinski definition) is 8. The number of nitrogens with two attached hydrogens (primary N) is 1. The molecule has 0 unspecified atom stereocenters. The molecule has 1 heterocycles. The van der Waals surface area contributed by atoms with E-state index >= 15 is 0 Å². The fraction of sp³-hybridized carbons (Fsp3) is 0.939. The summed E-state index contributed by atoms with van der Waals surface area (Å²) in [6, 6.07) is 0.315. The second kappa shape index (κ2) is 13.4. The Bertz CT molecular complexity index is 901. The van der Waals surface area contributed by atoms with Crippen LogP contribution in [0, 0.1) is 34.5 Å². The number of unbranched alkanes of at least 4 members (excludes halogenated alkanes) is 3. The van der Waals surface area contributed by atoms with Crippen molar-refractivity contribution in [2.75, 3.05) is 19.0 Å². The molecule has 0 spiro atoms. The van der Waals surface area contributed by atoms with Crippen molar-refractivity contribution < 1.29 is 29.9 Å². The smallest absolute Gasteiger partial charge is 0.132 e. The highest BCUT2D eigenvalue weighted by Gasteiger charge is 2.59. The summed E-state index contributed by atoms with van der Waals surface area (Å²) in [4.78, 5) is 0. The molecule has 0 aromatic rings. The lowest BCUT2D eigenvalue weighted by Gasteiger charge is -2.58. The number of allylic oxidation sites excluding steroid dienone is 1. The molecule has 41 heavy (non-hydrogen) atoms. The molecule has 1 aliphatic heterocycles. The molecule has 0 bridgehead atoms. The van der Waals surface area contributed by atoms with Crippen LogP contribution in [0.5, 0.6) is 0 Å². The van der Waals surface area contributed by atoms with Crippen molar-refractivity contribution in [1.29, 1.82) is 0 Å². The Labute approximate surface area is 252 Å². The zero-order chi connectivity index (χ0) is 29.4. The standard InChI is InChI=1S/C33H57NO6S/c1-20(34)24-10-11-25-23-9-8-21-18-22(12-14-32(21,2)26(23)13-15-33(24,25)3)39-16-6-4-5-7-17-41-31-30(38)29(37)28(36)27(19-35)40-31/h8,20,22-31,35-38H,4-7,9-19,34H2,1-3H3/t20-,22+,23+,24-,25+,26+,27-,28-,29+,30+,31+,32+,33-/m1/s1. The minimum Gasteiger partial charge on any atom is -0.394 e. The molecule has 0 radical (unpaired) electrons. The molecule has 8 heteroatoms. The van der Waals surface area contributed by atoms with E-state index in [1.807, 2.05) is 0 Å². The van der Waals surface area contributed by atoms with Crippen LogP contribution in [0.1, 0.15) is 97.8 Å². The van der Waals surface area contributed by atoms with E-state index in [1.54, 1.807) is 5.57 Å². The van der Waals surface area contributed by atoms with Gasteiger partial charge in [-0.1, -0.05) is 38.3 Å². The summed E-state index contributed by atoms with van der Waals surface area (Å²) in [7, 11) is 0. The third-order valence-electron chi connectivity index (χ3n) is 12.3. The van der Waals surface area contributed by atoms with Crippen LogP contribution >= 0.6 is 11.8 Å². The average Bonchev–Trinajstić information content (AvgIpc) is 3.32. The number of thioether (sulfide) groups is 1. The lowest BCUT2D eigenvalue weighted by Crippen LogP contribution is -2.57. The second-order valence-electron chi connectivity index (χ2n) is 14.6. The molecule has 5 rings (SSSR count). The molecule has 0 aromatic heterocycles. The van der Waals surface area contributed by atoms with E-state index in [-0.39, 0.29) is 6.61 Å². The van der Waals surface area contributed by atoms with Crippen LogP contribution < -0.4 is 5.73 Å². The average molecular weight is 596 g/mol. The van der Waals surface area contributed by atoms with Crippen molar-refractivity contribution in [3.05, 3.63) is 11.6 Å². The Morgan fingerprint density at radius 1 is 1.00 bits per heavy atom. The van der Waals surface area contributed by atoms with Crippen LogP contribution in [-0.2, 0) is 9.47 Å². The van der Waals surface area contributed by atoms with Crippen molar-refractivity contribution >= 4 is 11.8 Å². The highest BCUT2D eigenvalue weighted by Crippen LogP contribution is 2.66. The third kappa shape index (κ3) is 6.33. The maximum Gasteiger partial charge on any atom is 0.132 e. The quantitative estimate of drug-likeness (QED) is 0.176. The van der Waals surface area contributed by atoms with Gasteiger partial charge in [0.15, 0.2) is 0 Å². The monoisotopic (exact) mass is 595 g/mol. The first kappa shape index (κ1) is 32.2. The van der Waals surface area contributed by atoms with Gasteiger partial charge < -0.3 is 35.6 Å². The molecule has 7 nitrogen and oxygen atoms in total. The van der Waals surface area contributed by atoms with E-state index in [1.165, 1.54) is 56.7 Å². The van der Waals surface area contributed by atoms with Gasteiger partial charge in [-0.15, -0.1) is 11.8 Å². The topological polar surface area (TPSA) is 125 Å². The molecule has 6 N–H and O–H groups in total. The minimum atomic E-state index is -1.29.